The fraction of sp³-hybridized carbons (Fsp3) is 0.467. The van der Waals surface area contributed by atoms with Crippen molar-refractivity contribution in [1.82, 2.24) is 4.90 Å². The van der Waals surface area contributed by atoms with Gasteiger partial charge in [0, 0.05) is 25.8 Å². The van der Waals surface area contributed by atoms with Crippen molar-refractivity contribution in [3.05, 3.63) is 30.3 Å². The lowest BCUT2D eigenvalue weighted by atomic mass is 9.96. The van der Waals surface area contributed by atoms with E-state index in [-0.39, 0.29) is 19.0 Å². The molecule has 1 aliphatic rings. The van der Waals surface area contributed by atoms with E-state index in [0.717, 1.165) is 0 Å². The van der Waals surface area contributed by atoms with Crippen LogP contribution in [-0.4, -0.2) is 54.7 Å². The van der Waals surface area contributed by atoms with Crippen LogP contribution in [0, 0.1) is 11.8 Å². The van der Waals surface area contributed by atoms with Crippen molar-refractivity contribution in [2.75, 3.05) is 31.6 Å². The van der Waals surface area contributed by atoms with Gasteiger partial charge in [-0.25, -0.2) is 0 Å². The second-order valence-corrected chi connectivity index (χ2v) is 5.58. The maximum absolute atomic E-state index is 12.9. The van der Waals surface area contributed by atoms with Crippen molar-refractivity contribution < 1.29 is 27.9 Å². The van der Waals surface area contributed by atoms with Crippen molar-refractivity contribution in [2.24, 2.45) is 11.8 Å². The fourth-order valence-electron chi connectivity index (χ4n) is 2.69. The number of carbonyl (C=O) groups excluding carboxylic acids is 1. The molecule has 1 aliphatic heterocycles. The van der Waals surface area contributed by atoms with Gasteiger partial charge in [0.2, 0.25) is 5.91 Å². The van der Waals surface area contributed by atoms with E-state index in [0.29, 0.717) is 5.69 Å². The summed E-state index contributed by atoms with van der Waals surface area (Å²) in [6, 6.07) is 8.69. The number of halogens is 3. The largest absolute Gasteiger partial charge is 0.481 e. The van der Waals surface area contributed by atoms with Crippen molar-refractivity contribution in [3.8, 4) is 0 Å². The zero-order chi connectivity index (χ0) is 17.2. The topological polar surface area (TPSA) is 60.9 Å². The van der Waals surface area contributed by atoms with Crippen LogP contribution in [0.5, 0.6) is 0 Å². The SMILES string of the molecule is CN(C(=O)CN1C[C@@H](C(F)(F)F)[C@H](C(=O)O)C1)c1ccccc1. The molecule has 0 saturated carbocycles. The minimum atomic E-state index is -4.59. The number of aliphatic carboxylic acids is 1. The van der Waals surface area contributed by atoms with Crippen LogP contribution in [0.25, 0.3) is 0 Å². The van der Waals surface area contributed by atoms with Gasteiger partial charge < -0.3 is 10.0 Å². The lowest BCUT2D eigenvalue weighted by molar-refractivity contribution is -0.188. The summed E-state index contributed by atoms with van der Waals surface area (Å²) in [6.45, 7) is -1.01. The van der Waals surface area contributed by atoms with E-state index in [1.807, 2.05) is 0 Å². The maximum atomic E-state index is 12.9. The van der Waals surface area contributed by atoms with Crippen LogP contribution in [0.1, 0.15) is 0 Å². The monoisotopic (exact) mass is 330 g/mol. The molecule has 1 N–H and O–H groups in total. The van der Waals surface area contributed by atoms with Gasteiger partial charge in [0.1, 0.15) is 0 Å². The Labute approximate surface area is 131 Å². The van der Waals surface area contributed by atoms with Crippen LogP contribution in [0.2, 0.25) is 0 Å². The number of hydrogen-bond donors (Lipinski definition) is 1. The number of alkyl halides is 3. The van der Waals surface area contributed by atoms with Crippen molar-refractivity contribution in [2.45, 2.75) is 6.18 Å². The normalized spacial score (nSPS) is 22.1. The Hall–Kier alpha value is -2.09. The molecule has 0 bridgehead atoms. The highest BCUT2D eigenvalue weighted by atomic mass is 19.4. The molecule has 0 radical (unpaired) electrons. The summed E-state index contributed by atoms with van der Waals surface area (Å²) in [7, 11) is 1.53. The minimum Gasteiger partial charge on any atom is -0.481 e. The summed E-state index contributed by atoms with van der Waals surface area (Å²) < 4.78 is 38.8. The predicted molar refractivity (Wildman–Crippen MR) is 77.0 cm³/mol. The second kappa shape index (κ2) is 6.57. The number of hydrogen-bond acceptors (Lipinski definition) is 3. The highest BCUT2D eigenvalue weighted by Gasteiger charge is 2.52. The first-order valence-corrected chi connectivity index (χ1v) is 7.03. The summed E-state index contributed by atoms with van der Waals surface area (Å²) in [5, 5.41) is 8.96. The molecular weight excluding hydrogens is 313 g/mol. The van der Waals surface area contributed by atoms with Gasteiger partial charge in [-0.2, -0.15) is 13.2 Å². The van der Waals surface area contributed by atoms with Gasteiger partial charge >= 0.3 is 12.1 Å². The molecule has 1 aromatic carbocycles. The third-order valence-electron chi connectivity index (χ3n) is 4.01. The van der Waals surface area contributed by atoms with Crippen LogP contribution in [0.3, 0.4) is 0 Å². The Kier molecular flexibility index (Phi) is 4.93. The molecule has 0 unspecified atom stereocenters. The van der Waals surface area contributed by atoms with E-state index in [2.05, 4.69) is 0 Å². The molecule has 1 amide bonds. The van der Waals surface area contributed by atoms with Gasteiger partial charge in [-0.3, -0.25) is 14.5 Å². The van der Waals surface area contributed by atoms with E-state index in [9.17, 15) is 22.8 Å². The standard InChI is InChI=1S/C15H17F3N2O3/c1-19(10-5-3-2-4-6-10)13(21)9-20-7-11(14(22)23)12(8-20)15(16,17)18/h2-6,11-12H,7-9H2,1H3,(H,22,23)/t11-,12-/m1/s1. The van der Waals surface area contributed by atoms with Gasteiger partial charge in [-0.15, -0.1) is 0 Å². The minimum absolute atomic E-state index is 0.248. The van der Waals surface area contributed by atoms with E-state index in [1.165, 1.54) is 16.8 Å². The highest BCUT2D eigenvalue weighted by molar-refractivity contribution is 5.94. The zero-order valence-corrected chi connectivity index (χ0v) is 12.5. The number of likely N-dealkylation sites (tertiary alicyclic amines) is 1. The average Bonchev–Trinajstić information content (AvgIpc) is 2.91. The quantitative estimate of drug-likeness (QED) is 0.915. The Morgan fingerprint density at radius 1 is 1.26 bits per heavy atom. The van der Waals surface area contributed by atoms with Crippen LogP contribution < -0.4 is 4.90 Å². The Balaban J connectivity index is 2.03. The smallest absolute Gasteiger partial charge is 0.393 e. The van der Waals surface area contributed by atoms with Crippen LogP contribution in [-0.2, 0) is 9.59 Å². The van der Waals surface area contributed by atoms with Gasteiger partial charge in [0.05, 0.1) is 18.4 Å². The first-order valence-electron chi connectivity index (χ1n) is 7.03. The predicted octanol–water partition coefficient (Wildman–Crippen LogP) is 1.84. The summed E-state index contributed by atoms with van der Waals surface area (Å²) in [6.07, 6.45) is -4.59. The number of likely N-dealkylation sites (N-methyl/N-ethyl adjacent to an activating group) is 1. The molecule has 23 heavy (non-hydrogen) atoms. The maximum Gasteiger partial charge on any atom is 0.393 e. The zero-order valence-electron chi connectivity index (χ0n) is 12.5. The number of rotatable bonds is 4. The van der Waals surface area contributed by atoms with Crippen molar-refractivity contribution in [3.63, 3.8) is 0 Å². The fourth-order valence-corrected chi connectivity index (χ4v) is 2.69. The summed E-state index contributed by atoms with van der Waals surface area (Å²) in [5.41, 5.74) is 0.624. The molecule has 126 valence electrons. The highest BCUT2D eigenvalue weighted by Crippen LogP contribution is 2.37. The number of para-hydroxylation sites is 1. The molecule has 0 aliphatic carbocycles. The van der Waals surface area contributed by atoms with Gasteiger partial charge in [0.25, 0.3) is 0 Å². The molecular formula is C15H17F3N2O3. The van der Waals surface area contributed by atoms with Gasteiger partial charge in [-0.05, 0) is 12.1 Å². The number of carboxylic acids is 1. The third-order valence-corrected chi connectivity index (χ3v) is 4.01. The number of amides is 1. The number of nitrogens with zero attached hydrogens (tertiary/aromatic N) is 2. The molecule has 8 heteroatoms. The summed E-state index contributed by atoms with van der Waals surface area (Å²) in [5.74, 6) is -5.36. The summed E-state index contributed by atoms with van der Waals surface area (Å²) >= 11 is 0. The van der Waals surface area contributed by atoms with E-state index < -0.39 is 30.5 Å². The van der Waals surface area contributed by atoms with Gasteiger partial charge in [-0.1, -0.05) is 18.2 Å². The average molecular weight is 330 g/mol. The van der Waals surface area contributed by atoms with Crippen molar-refractivity contribution >= 4 is 17.6 Å². The van der Waals surface area contributed by atoms with E-state index >= 15 is 0 Å². The molecule has 0 spiro atoms. The molecule has 2 atom stereocenters. The molecule has 2 rings (SSSR count). The number of carbonyl (C=O) groups is 2. The van der Waals surface area contributed by atoms with Crippen LogP contribution >= 0.6 is 0 Å². The van der Waals surface area contributed by atoms with Gasteiger partial charge in [0.15, 0.2) is 0 Å². The Morgan fingerprint density at radius 2 is 1.87 bits per heavy atom. The lowest BCUT2D eigenvalue weighted by Crippen LogP contribution is -2.38. The number of carboxylic acid groups (broad SMARTS) is 1. The molecule has 1 aromatic rings. The van der Waals surface area contributed by atoms with E-state index in [4.69, 9.17) is 5.11 Å². The van der Waals surface area contributed by atoms with Crippen molar-refractivity contribution in [1.29, 1.82) is 0 Å². The number of benzene rings is 1. The molecule has 5 nitrogen and oxygen atoms in total. The Bertz CT molecular complexity index is 577. The molecule has 1 saturated heterocycles. The number of anilines is 1. The second-order valence-electron chi connectivity index (χ2n) is 5.58. The van der Waals surface area contributed by atoms with Crippen LogP contribution in [0.4, 0.5) is 18.9 Å². The Morgan fingerprint density at radius 3 is 2.35 bits per heavy atom. The van der Waals surface area contributed by atoms with Crippen LogP contribution in [0.15, 0.2) is 30.3 Å². The lowest BCUT2D eigenvalue weighted by Gasteiger charge is -2.22. The molecule has 0 aromatic heterocycles. The third kappa shape index (κ3) is 4.01. The first kappa shape index (κ1) is 17.3. The molecule has 1 heterocycles. The first-order chi connectivity index (χ1) is 10.7. The summed E-state index contributed by atoms with van der Waals surface area (Å²) in [4.78, 5) is 25.8. The molecule has 1 fully saturated rings. The van der Waals surface area contributed by atoms with E-state index in [1.54, 1.807) is 30.3 Å².